The molecule has 1 aliphatic heterocycles. The number of nitrogens with zero attached hydrogens (tertiary/aromatic N) is 1. The molecule has 0 amide bonds. The monoisotopic (exact) mass is 186 g/mol. The minimum Gasteiger partial charge on any atom is -0.381 e. The van der Waals surface area contributed by atoms with Gasteiger partial charge in [0.05, 0.1) is 0 Å². The molecule has 0 aromatic heterocycles. The Hall–Kier alpha value is -0.120. The zero-order valence-corrected chi connectivity index (χ0v) is 8.67. The van der Waals surface area contributed by atoms with Crippen LogP contribution in [0.3, 0.4) is 0 Å². The average Bonchev–Trinajstić information content (AvgIpc) is 2.51. The molecule has 1 atom stereocenters. The molecule has 1 saturated heterocycles. The zero-order valence-electron chi connectivity index (χ0n) is 8.67. The van der Waals surface area contributed by atoms with Gasteiger partial charge in [0.1, 0.15) is 0 Å². The zero-order chi connectivity index (χ0) is 9.52. The van der Waals surface area contributed by atoms with Crippen LogP contribution in [-0.2, 0) is 4.74 Å². The Morgan fingerprint density at radius 1 is 1.46 bits per heavy atom. The van der Waals surface area contributed by atoms with Crippen LogP contribution in [0.1, 0.15) is 26.2 Å². The Morgan fingerprint density at radius 2 is 2.31 bits per heavy atom. The number of ether oxygens (including phenoxy) is 1. The second-order valence-corrected chi connectivity index (χ2v) is 3.82. The first-order valence-electron chi connectivity index (χ1n) is 5.38. The molecule has 0 aromatic rings. The van der Waals surface area contributed by atoms with Crippen molar-refractivity contribution in [1.29, 1.82) is 0 Å². The lowest BCUT2D eigenvalue weighted by Gasteiger charge is -2.14. The summed E-state index contributed by atoms with van der Waals surface area (Å²) in [5.74, 6) is 0. The van der Waals surface area contributed by atoms with Crippen molar-refractivity contribution in [3.8, 4) is 0 Å². The van der Waals surface area contributed by atoms with Gasteiger partial charge in [-0.2, -0.15) is 0 Å². The largest absolute Gasteiger partial charge is 0.381 e. The van der Waals surface area contributed by atoms with E-state index in [0.717, 1.165) is 45.6 Å². The minimum atomic E-state index is 0.413. The molecular weight excluding hydrogens is 164 g/mol. The normalized spacial score (nSPS) is 24.0. The molecule has 13 heavy (non-hydrogen) atoms. The maximum absolute atomic E-state index is 5.80. The summed E-state index contributed by atoms with van der Waals surface area (Å²) >= 11 is 0. The average molecular weight is 186 g/mol. The standard InChI is InChI=1S/C10H22N2O/c1-2-7-13-8-3-5-12-6-4-10(11)9-12/h10H,2-9,11H2,1H3. The van der Waals surface area contributed by atoms with Crippen LogP contribution >= 0.6 is 0 Å². The van der Waals surface area contributed by atoms with Gasteiger partial charge < -0.3 is 15.4 Å². The van der Waals surface area contributed by atoms with E-state index in [4.69, 9.17) is 10.5 Å². The van der Waals surface area contributed by atoms with E-state index in [0.29, 0.717) is 6.04 Å². The SMILES string of the molecule is CCCOCCCN1CCC(N)C1. The summed E-state index contributed by atoms with van der Waals surface area (Å²) < 4.78 is 5.41. The molecule has 0 bridgehead atoms. The van der Waals surface area contributed by atoms with Gasteiger partial charge in [-0.05, 0) is 25.8 Å². The quantitative estimate of drug-likeness (QED) is 0.625. The van der Waals surface area contributed by atoms with Gasteiger partial charge in [0, 0.05) is 32.3 Å². The summed E-state index contributed by atoms with van der Waals surface area (Å²) in [6, 6.07) is 0.413. The van der Waals surface area contributed by atoms with E-state index in [9.17, 15) is 0 Å². The van der Waals surface area contributed by atoms with E-state index in [2.05, 4.69) is 11.8 Å². The fourth-order valence-corrected chi connectivity index (χ4v) is 1.70. The fraction of sp³-hybridized carbons (Fsp3) is 1.00. The van der Waals surface area contributed by atoms with Gasteiger partial charge in [0.2, 0.25) is 0 Å². The maximum Gasteiger partial charge on any atom is 0.0478 e. The van der Waals surface area contributed by atoms with Crippen molar-refractivity contribution in [2.24, 2.45) is 5.73 Å². The van der Waals surface area contributed by atoms with Crippen LogP contribution in [0, 0.1) is 0 Å². The predicted molar refractivity (Wildman–Crippen MR) is 54.8 cm³/mol. The number of hydrogen-bond acceptors (Lipinski definition) is 3. The van der Waals surface area contributed by atoms with Crippen molar-refractivity contribution in [2.45, 2.75) is 32.2 Å². The van der Waals surface area contributed by atoms with Crippen LogP contribution < -0.4 is 5.73 Å². The smallest absolute Gasteiger partial charge is 0.0478 e. The van der Waals surface area contributed by atoms with Crippen LogP contribution in [0.5, 0.6) is 0 Å². The molecule has 3 nitrogen and oxygen atoms in total. The highest BCUT2D eigenvalue weighted by Gasteiger charge is 2.17. The summed E-state index contributed by atoms with van der Waals surface area (Å²) in [7, 11) is 0. The molecule has 3 heteroatoms. The number of rotatable bonds is 6. The molecule has 78 valence electrons. The van der Waals surface area contributed by atoms with Crippen molar-refractivity contribution in [3.63, 3.8) is 0 Å². The maximum atomic E-state index is 5.80. The minimum absolute atomic E-state index is 0.413. The lowest BCUT2D eigenvalue weighted by Crippen LogP contribution is -2.27. The summed E-state index contributed by atoms with van der Waals surface area (Å²) in [5.41, 5.74) is 5.80. The van der Waals surface area contributed by atoms with Gasteiger partial charge in [-0.15, -0.1) is 0 Å². The van der Waals surface area contributed by atoms with Crippen molar-refractivity contribution >= 4 is 0 Å². The highest BCUT2D eigenvalue weighted by atomic mass is 16.5. The second-order valence-electron chi connectivity index (χ2n) is 3.82. The third kappa shape index (κ3) is 4.60. The molecule has 0 spiro atoms. The topological polar surface area (TPSA) is 38.5 Å². The molecule has 0 aliphatic carbocycles. The summed E-state index contributed by atoms with van der Waals surface area (Å²) in [6.45, 7) is 7.35. The lowest BCUT2D eigenvalue weighted by atomic mass is 10.3. The van der Waals surface area contributed by atoms with E-state index in [1.807, 2.05) is 0 Å². The molecule has 1 rings (SSSR count). The van der Waals surface area contributed by atoms with Gasteiger partial charge >= 0.3 is 0 Å². The highest BCUT2D eigenvalue weighted by Crippen LogP contribution is 2.06. The Morgan fingerprint density at radius 3 is 2.92 bits per heavy atom. The van der Waals surface area contributed by atoms with E-state index >= 15 is 0 Å². The van der Waals surface area contributed by atoms with E-state index in [1.165, 1.54) is 6.54 Å². The number of nitrogens with two attached hydrogens (primary N) is 1. The van der Waals surface area contributed by atoms with Gasteiger partial charge in [0.15, 0.2) is 0 Å². The third-order valence-electron chi connectivity index (χ3n) is 2.42. The molecule has 0 saturated carbocycles. The van der Waals surface area contributed by atoms with E-state index in [-0.39, 0.29) is 0 Å². The molecule has 1 fully saturated rings. The second kappa shape index (κ2) is 6.35. The highest BCUT2D eigenvalue weighted by molar-refractivity contribution is 4.77. The number of likely N-dealkylation sites (tertiary alicyclic amines) is 1. The fourth-order valence-electron chi connectivity index (χ4n) is 1.70. The summed E-state index contributed by atoms with van der Waals surface area (Å²) in [6.07, 6.45) is 3.43. The lowest BCUT2D eigenvalue weighted by molar-refractivity contribution is 0.124. The van der Waals surface area contributed by atoms with Crippen LogP contribution in [0.2, 0.25) is 0 Å². The first-order chi connectivity index (χ1) is 6.33. The van der Waals surface area contributed by atoms with Crippen LogP contribution in [0.15, 0.2) is 0 Å². The van der Waals surface area contributed by atoms with Gasteiger partial charge in [-0.3, -0.25) is 0 Å². The Bertz CT molecular complexity index is 130. The number of hydrogen-bond donors (Lipinski definition) is 1. The first kappa shape index (κ1) is 11.0. The van der Waals surface area contributed by atoms with Crippen LogP contribution in [0.25, 0.3) is 0 Å². The molecule has 1 heterocycles. The molecule has 0 radical (unpaired) electrons. The molecule has 1 aliphatic rings. The predicted octanol–water partition coefficient (Wildman–Crippen LogP) is 0.836. The molecule has 1 unspecified atom stereocenters. The van der Waals surface area contributed by atoms with Gasteiger partial charge in [-0.1, -0.05) is 6.92 Å². The molecular formula is C10H22N2O. The van der Waals surface area contributed by atoms with Crippen molar-refractivity contribution < 1.29 is 4.74 Å². The molecule has 2 N–H and O–H groups in total. The summed E-state index contributed by atoms with van der Waals surface area (Å²) in [5, 5.41) is 0. The third-order valence-corrected chi connectivity index (χ3v) is 2.42. The van der Waals surface area contributed by atoms with E-state index < -0.39 is 0 Å². The molecule has 0 aromatic carbocycles. The van der Waals surface area contributed by atoms with Crippen molar-refractivity contribution in [2.75, 3.05) is 32.8 Å². The van der Waals surface area contributed by atoms with Crippen molar-refractivity contribution in [3.05, 3.63) is 0 Å². The van der Waals surface area contributed by atoms with Gasteiger partial charge in [0.25, 0.3) is 0 Å². The van der Waals surface area contributed by atoms with E-state index in [1.54, 1.807) is 0 Å². The van der Waals surface area contributed by atoms with Crippen LogP contribution in [-0.4, -0.2) is 43.8 Å². The Balaban J connectivity index is 1.88. The van der Waals surface area contributed by atoms with Crippen LogP contribution in [0.4, 0.5) is 0 Å². The van der Waals surface area contributed by atoms with Gasteiger partial charge in [-0.25, -0.2) is 0 Å². The Kier molecular flexibility index (Phi) is 5.35. The summed E-state index contributed by atoms with van der Waals surface area (Å²) in [4.78, 5) is 2.43. The van der Waals surface area contributed by atoms with Crippen molar-refractivity contribution in [1.82, 2.24) is 4.90 Å². The first-order valence-corrected chi connectivity index (χ1v) is 5.38. The Labute approximate surface area is 81.2 Å².